The minimum absolute atomic E-state index is 0.166. The van der Waals surface area contributed by atoms with Crippen LogP contribution in [0.1, 0.15) is 34.6 Å². The van der Waals surface area contributed by atoms with Gasteiger partial charge in [0.1, 0.15) is 0 Å². The predicted octanol–water partition coefficient (Wildman–Crippen LogP) is 5.78. The second-order valence-corrected chi connectivity index (χ2v) is 9.07. The van der Waals surface area contributed by atoms with Crippen LogP contribution in [0.3, 0.4) is 0 Å². The Bertz CT molecular complexity index is 813. The molecule has 6 unspecified atom stereocenters. The smallest absolute Gasteiger partial charge is 0.0236 e. The van der Waals surface area contributed by atoms with Gasteiger partial charge in [0, 0.05) is 21.7 Å². The number of hydrogen-bond acceptors (Lipinski definition) is 0. The molecule has 5 rings (SSSR count). The van der Waals surface area contributed by atoms with E-state index in [0.29, 0.717) is 11.8 Å². The highest BCUT2D eigenvalue weighted by atomic mass is 14.7. The molecule has 0 aromatic rings. The van der Waals surface area contributed by atoms with E-state index in [0.717, 1.165) is 0 Å². The molecule has 5 aliphatic rings. The predicted molar refractivity (Wildman–Crippen MR) is 96.8 cm³/mol. The Balaban J connectivity index is 1.72. The van der Waals surface area contributed by atoms with Crippen molar-refractivity contribution in [2.75, 3.05) is 0 Å². The molecule has 118 valence electrons. The Kier molecular flexibility index (Phi) is 2.16. The third-order valence-electron chi connectivity index (χ3n) is 8.25. The van der Waals surface area contributed by atoms with Crippen LogP contribution in [-0.2, 0) is 0 Å². The Morgan fingerprint density at radius 2 is 1.39 bits per heavy atom. The molecule has 0 N–H and O–H groups in total. The van der Waals surface area contributed by atoms with Crippen molar-refractivity contribution < 1.29 is 0 Å². The molecule has 0 aromatic heterocycles. The molecule has 0 radical (unpaired) electrons. The van der Waals surface area contributed by atoms with E-state index in [4.69, 9.17) is 0 Å². The molecule has 0 aromatic carbocycles. The van der Waals surface area contributed by atoms with Crippen LogP contribution in [-0.4, -0.2) is 0 Å². The van der Waals surface area contributed by atoms with Crippen LogP contribution in [0.15, 0.2) is 71.4 Å². The lowest BCUT2D eigenvalue weighted by Crippen LogP contribution is -2.63. The number of allylic oxidation sites excluding steroid dienone is 12. The van der Waals surface area contributed by atoms with Gasteiger partial charge in [-0.2, -0.15) is 0 Å². The topological polar surface area (TPSA) is 0 Å². The molecule has 0 amide bonds. The summed E-state index contributed by atoms with van der Waals surface area (Å²) in [6, 6.07) is 0. The number of hydrogen-bond donors (Lipinski definition) is 0. The third-order valence-corrected chi connectivity index (χ3v) is 8.25. The largest absolute Gasteiger partial charge is 0.0811 e. The van der Waals surface area contributed by atoms with E-state index in [1.807, 2.05) is 0 Å². The normalized spacial score (nSPS) is 54.4. The Hall–Kier alpha value is -1.56. The SMILES string of the molecule is CC1C=CC=C2C1C1(C)C=C3C(=CC21C)C1(C)C=CC=CC31C. The van der Waals surface area contributed by atoms with Gasteiger partial charge in [-0.1, -0.05) is 94.9 Å². The van der Waals surface area contributed by atoms with Crippen LogP contribution in [0.4, 0.5) is 0 Å². The summed E-state index contributed by atoms with van der Waals surface area (Å²) >= 11 is 0. The van der Waals surface area contributed by atoms with Gasteiger partial charge in [-0.05, 0) is 23.0 Å². The lowest BCUT2D eigenvalue weighted by molar-refractivity contribution is 0.00516. The van der Waals surface area contributed by atoms with Crippen molar-refractivity contribution in [3.63, 3.8) is 0 Å². The zero-order valence-corrected chi connectivity index (χ0v) is 14.9. The van der Waals surface area contributed by atoms with Gasteiger partial charge in [0.15, 0.2) is 0 Å². The fourth-order valence-corrected chi connectivity index (χ4v) is 6.35. The van der Waals surface area contributed by atoms with Gasteiger partial charge < -0.3 is 0 Å². The van der Waals surface area contributed by atoms with E-state index in [1.165, 1.54) is 0 Å². The Morgan fingerprint density at radius 1 is 0.783 bits per heavy atom. The molecule has 5 aliphatic carbocycles. The first kappa shape index (κ1) is 13.8. The lowest BCUT2D eigenvalue weighted by Gasteiger charge is -2.71. The third kappa shape index (κ3) is 1.16. The standard InChI is InChI=1S/C23H26/c1-15-9-8-10-16-19(15)23(5)14-18-17(13-22(16,23)4)20(2)11-6-7-12-21(18,20)3/h6-15,19H,1-5H3. The van der Waals surface area contributed by atoms with E-state index >= 15 is 0 Å². The van der Waals surface area contributed by atoms with Gasteiger partial charge in [0.25, 0.3) is 0 Å². The van der Waals surface area contributed by atoms with Crippen LogP contribution >= 0.6 is 0 Å². The second kappa shape index (κ2) is 3.58. The molecular formula is C23H26. The monoisotopic (exact) mass is 302 g/mol. The van der Waals surface area contributed by atoms with Gasteiger partial charge >= 0.3 is 0 Å². The van der Waals surface area contributed by atoms with E-state index in [1.54, 1.807) is 16.7 Å². The summed E-state index contributed by atoms with van der Waals surface area (Å²) < 4.78 is 0. The summed E-state index contributed by atoms with van der Waals surface area (Å²) in [4.78, 5) is 0. The fourth-order valence-electron chi connectivity index (χ4n) is 6.35. The summed E-state index contributed by atoms with van der Waals surface area (Å²) in [5.74, 6) is 1.31. The molecule has 2 saturated carbocycles. The first-order valence-corrected chi connectivity index (χ1v) is 9.01. The molecular weight excluding hydrogens is 276 g/mol. The second-order valence-electron chi connectivity index (χ2n) is 9.07. The molecule has 0 spiro atoms. The average Bonchev–Trinajstić information content (AvgIpc) is 2.52. The molecule has 0 saturated heterocycles. The van der Waals surface area contributed by atoms with Crippen molar-refractivity contribution in [1.82, 2.24) is 0 Å². The molecule has 0 heteroatoms. The van der Waals surface area contributed by atoms with Crippen LogP contribution in [0.2, 0.25) is 0 Å². The average molecular weight is 302 g/mol. The minimum Gasteiger partial charge on any atom is -0.0811 e. The van der Waals surface area contributed by atoms with Crippen molar-refractivity contribution in [2.24, 2.45) is 33.5 Å². The zero-order valence-electron chi connectivity index (χ0n) is 14.9. The molecule has 6 atom stereocenters. The lowest BCUT2D eigenvalue weighted by atomic mass is 9.32. The van der Waals surface area contributed by atoms with E-state index < -0.39 is 0 Å². The first-order chi connectivity index (χ1) is 10.8. The summed E-state index contributed by atoms with van der Waals surface area (Å²) in [6.45, 7) is 12.2. The van der Waals surface area contributed by atoms with E-state index in [9.17, 15) is 0 Å². The van der Waals surface area contributed by atoms with Crippen LogP contribution < -0.4 is 0 Å². The quantitative estimate of drug-likeness (QED) is 0.532. The summed E-state index contributed by atoms with van der Waals surface area (Å²) in [6.07, 6.45) is 21.6. The highest BCUT2D eigenvalue weighted by molar-refractivity contribution is 5.68. The summed E-state index contributed by atoms with van der Waals surface area (Å²) in [5.41, 5.74) is 5.58. The number of rotatable bonds is 0. The van der Waals surface area contributed by atoms with Crippen molar-refractivity contribution in [3.8, 4) is 0 Å². The van der Waals surface area contributed by atoms with E-state index in [2.05, 4.69) is 89.3 Å². The van der Waals surface area contributed by atoms with Gasteiger partial charge in [-0.15, -0.1) is 0 Å². The Morgan fingerprint density at radius 3 is 2.04 bits per heavy atom. The number of fused-ring (bicyclic) bond motifs is 8. The highest BCUT2D eigenvalue weighted by Gasteiger charge is 2.69. The maximum Gasteiger partial charge on any atom is 0.0236 e. The van der Waals surface area contributed by atoms with Crippen LogP contribution in [0.5, 0.6) is 0 Å². The molecule has 0 nitrogen and oxygen atoms in total. The highest BCUT2D eigenvalue weighted by Crippen LogP contribution is 2.77. The van der Waals surface area contributed by atoms with Gasteiger partial charge in [0.2, 0.25) is 0 Å². The molecule has 23 heavy (non-hydrogen) atoms. The van der Waals surface area contributed by atoms with Crippen molar-refractivity contribution in [2.45, 2.75) is 34.6 Å². The van der Waals surface area contributed by atoms with Crippen molar-refractivity contribution in [3.05, 3.63) is 71.4 Å². The van der Waals surface area contributed by atoms with Crippen LogP contribution in [0.25, 0.3) is 0 Å². The van der Waals surface area contributed by atoms with Crippen molar-refractivity contribution >= 4 is 0 Å². The zero-order chi connectivity index (χ0) is 16.3. The molecule has 0 bridgehead atoms. The van der Waals surface area contributed by atoms with Gasteiger partial charge in [-0.25, -0.2) is 0 Å². The summed E-state index contributed by atoms with van der Waals surface area (Å²) in [7, 11) is 0. The molecule has 0 heterocycles. The van der Waals surface area contributed by atoms with Gasteiger partial charge in [0.05, 0.1) is 0 Å². The molecule has 0 aliphatic heterocycles. The van der Waals surface area contributed by atoms with E-state index in [-0.39, 0.29) is 21.7 Å². The van der Waals surface area contributed by atoms with Gasteiger partial charge in [-0.3, -0.25) is 0 Å². The summed E-state index contributed by atoms with van der Waals surface area (Å²) in [5, 5.41) is 0. The fraction of sp³-hybridized carbons (Fsp3) is 0.478. The van der Waals surface area contributed by atoms with Crippen molar-refractivity contribution in [1.29, 1.82) is 0 Å². The first-order valence-electron chi connectivity index (χ1n) is 9.01. The van der Waals surface area contributed by atoms with Crippen LogP contribution in [0, 0.1) is 33.5 Å². The Labute approximate surface area is 140 Å². The minimum atomic E-state index is 0.166. The maximum absolute atomic E-state index is 2.66. The maximum atomic E-state index is 2.66. The molecule has 2 fully saturated rings.